The lowest BCUT2D eigenvalue weighted by Crippen LogP contribution is -2.40. The number of hydrogen-bond donors (Lipinski definition) is 2. The van der Waals surface area contributed by atoms with Crippen molar-refractivity contribution in [2.75, 3.05) is 38.2 Å². The van der Waals surface area contributed by atoms with Gasteiger partial charge in [-0.1, -0.05) is 24.3 Å². The van der Waals surface area contributed by atoms with Gasteiger partial charge in [0, 0.05) is 48.2 Å². The molecule has 31 heavy (non-hydrogen) atoms. The van der Waals surface area contributed by atoms with Crippen molar-refractivity contribution in [2.24, 2.45) is 5.41 Å². The van der Waals surface area contributed by atoms with Gasteiger partial charge in [0.15, 0.2) is 0 Å². The van der Waals surface area contributed by atoms with Crippen LogP contribution in [0.25, 0.3) is 0 Å². The number of ether oxygens (including phenoxy) is 1. The number of nitrogens with one attached hydrogen (secondary N) is 2. The van der Waals surface area contributed by atoms with Crippen LogP contribution in [-0.4, -0.2) is 48.8 Å². The van der Waals surface area contributed by atoms with Gasteiger partial charge in [-0.2, -0.15) is 0 Å². The van der Waals surface area contributed by atoms with E-state index in [0.717, 1.165) is 50.5 Å². The van der Waals surface area contributed by atoms with Crippen molar-refractivity contribution in [3.8, 4) is 0 Å². The van der Waals surface area contributed by atoms with E-state index in [4.69, 9.17) is 4.74 Å². The summed E-state index contributed by atoms with van der Waals surface area (Å²) < 4.78 is 5.91. The molecule has 1 aromatic carbocycles. The van der Waals surface area contributed by atoms with Gasteiger partial charge < -0.3 is 15.4 Å². The number of aromatic nitrogens is 1. The molecule has 6 heteroatoms. The van der Waals surface area contributed by atoms with Crippen LogP contribution in [0.5, 0.6) is 0 Å². The van der Waals surface area contributed by atoms with E-state index in [-0.39, 0.29) is 17.0 Å². The Morgan fingerprint density at radius 2 is 1.97 bits per heavy atom. The number of benzene rings is 1. The van der Waals surface area contributed by atoms with Gasteiger partial charge in [-0.15, -0.1) is 0 Å². The third-order valence-corrected chi connectivity index (χ3v) is 6.80. The smallest absolute Gasteiger partial charge is 0.319 e. The van der Waals surface area contributed by atoms with Crippen LogP contribution in [0, 0.1) is 12.3 Å². The summed E-state index contributed by atoms with van der Waals surface area (Å²) in [7, 11) is 0. The molecule has 0 radical (unpaired) electrons. The third-order valence-electron chi connectivity index (χ3n) is 6.80. The van der Waals surface area contributed by atoms with E-state index in [1.807, 2.05) is 44.2 Å². The number of rotatable bonds is 9. The first-order valence-electron chi connectivity index (χ1n) is 11.4. The van der Waals surface area contributed by atoms with E-state index in [1.54, 1.807) is 0 Å². The molecule has 0 spiro atoms. The fourth-order valence-corrected chi connectivity index (χ4v) is 4.80. The molecule has 1 saturated heterocycles. The van der Waals surface area contributed by atoms with Crippen molar-refractivity contribution in [1.29, 1.82) is 0 Å². The highest BCUT2D eigenvalue weighted by molar-refractivity contribution is 5.89. The van der Waals surface area contributed by atoms with E-state index in [1.165, 1.54) is 18.4 Å². The molecule has 4 rings (SSSR count). The Labute approximate surface area is 185 Å². The number of para-hydroxylation sites is 1. The quantitative estimate of drug-likeness (QED) is 0.632. The summed E-state index contributed by atoms with van der Waals surface area (Å²) >= 11 is 0. The van der Waals surface area contributed by atoms with Crippen LogP contribution < -0.4 is 10.6 Å². The molecule has 1 atom stereocenters. The summed E-state index contributed by atoms with van der Waals surface area (Å²) in [6.07, 6.45) is 6.45. The molecule has 2 fully saturated rings. The zero-order chi connectivity index (χ0) is 21.7. The number of amides is 2. The summed E-state index contributed by atoms with van der Waals surface area (Å²) in [5.74, 6) is 0. The third kappa shape index (κ3) is 5.08. The average Bonchev–Trinajstić information content (AvgIpc) is 3.48. The number of urea groups is 1. The van der Waals surface area contributed by atoms with E-state index < -0.39 is 0 Å². The fraction of sp³-hybridized carbons (Fsp3) is 0.520. The Balaban J connectivity index is 1.36. The summed E-state index contributed by atoms with van der Waals surface area (Å²) in [5.41, 5.74) is 3.42. The predicted octanol–water partition coefficient (Wildman–Crippen LogP) is 4.32. The van der Waals surface area contributed by atoms with Gasteiger partial charge in [0.25, 0.3) is 0 Å². The molecule has 6 nitrogen and oxygen atoms in total. The molecular formula is C25H34N4O2. The normalized spacial score (nSPS) is 22.3. The van der Waals surface area contributed by atoms with E-state index in [2.05, 4.69) is 38.8 Å². The van der Waals surface area contributed by atoms with Crippen LogP contribution in [0.3, 0.4) is 0 Å². The molecule has 0 bridgehead atoms. The number of nitrogens with zero attached hydrogens (tertiary/aromatic N) is 2. The van der Waals surface area contributed by atoms with E-state index >= 15 is 0 Å². The SMILES string of the molecule is CCOC[C@@]1(CCNC(=O)Nc2ccccc2)CCN(C2(c3ccc(C)nc3)CC2)C1. The Hall–Kier alpha value is -2.44. The van der Waals surface area contributed by atoms with Crippen molar-refractivity contribution in [1.82, 2.24) is 15.2 Å². The molecule has 2 aliphatic rings. The minimum Gasteiger partial charge on any atom is -0.381 e. The maximum Gasteiger partial charge on any atom is 0.319 e. The monoisotopic (exact) mass is 422 g/mol. The fourth-order valence-electron chi connectivity index (χ4n) is 4.80. The molecule has 1 aliphatic heterocycles. The molecule has 166 valence electrons. The van der Waals surface area contributed by atoms with Crippen molar-refractivity contribution in [3.63, 3.8) is 0 Å². The Bertz CT molecular complexity index is 867. The van der Waals surface area contributed by atoms with E-state index in [9.17, 15) is 4.79 Å². The molecular weight excluding hydrogens is 388 g/mol. The van der Waals surface area contributed by atoms with E-state index in [0.29, 0.717) is 6.54 Å². The first-order valence-corrected chi connectivity index (χ1v) is 11.4. The minimum absolute atomic E-state index is 0.0732. The first-order chi connectivity index (χ1) is 15.1. The van der Waals surface area contributed by atoms with Crippen LogP contribution >= 0.6 is 0 Å². The van der Waals surface area contributed by atoms with Crippen LogP contribution in [0.15, 0.2) is 48.7 Å². The molecule has 2 aromatic rings. The van der Waals surface area contributed by atoms with Crippen LogP contribution in [0.2, 0.25) is 0 Å². The molecule has 2 amide bonds. The Kier molecular flexibility index (Phi) is 6.58. The second-order valence-electron chi connectivity index (χ2n) is 9.03. The highest BCUT2D eigenvalue weighted by Crippen LogP contribution is 2.54. The second-order valence-corrected chi connectivity index (χ2v) is 9.03. The average molecular weight is 423 g/mol. The Morgan fingerprint density at radius 3 is 2.65 bits per heavy atom. The summed E-state index contributed by atoms with van der Waals surface area (Å²) in [5, 5.41) is 5.93. The van der Waals surface area contributed by atoms with Gasteiger partial charge in [-0.05, 0) is 69.8 Å². The number of aryl methyl sites for hydroxylation is 1. The lowest BCUT2D eigenvalue weighted by Gasteiger charge is -2.33. The van der Waals surface area contributed by atoms with Crippen molar-refractivity contribution in [2.45, 2.75) is 45.1 Å². The van der Waals surface area contributed by atoms with Crippen LogP contribution in [0.1, 0.15) is 43.9 Å². The number of likely N-dealkylation sites (tertiary alicyclic amines) is 1. The standard InChI is InChI=1S/C25H34N4O2/c1-3-31-19-24(13-15-26-23(30)28-22-7-5-4-6-8-22)14-16-29(18-24)25(11-12-25)21-10-9-20(2)27-17-21/h4-10,17H,3,11-16,18-19H2,1-2H3,(H2,26,28,30)/t24-/m0/s1. The van der Waals surface area contributed by atoms with Crippen molar-refractivity contribution in [3.05, 3.63) is 59.9 Å². The lowest BCUT2D eigenvalue weighted by molar-refractivity contribution is 0.0447. The Morgan fingerprint density at radius 1 is 1.16 bits per heavy atom. The molecule has 2 heterocycles. The zero-order valence-electron chi connectivity index (χ0n) is 18.7. The number of anilines is 1. The number of carbonyl (C=O) groups is 1. The summed E-state index contributed by atoms with van der Waals surface area (Å²) in [4.78, 5) is 19.5. The highest BCUT2D eigenvalue weighted by atomic mass is 16.5. The second kappa shape index (κ2) is 9.37. The largest absolute Gasteiger partial charge is 0.381 e. The number of hydrogen-bond acceptors (Lipinski definition) is 4. The maximum atomic E-state index is 12.3. The molecule has 2 N–H and O–H groups in total. The predicted molar refractivity (Wildman–Crippen MR) is 123 cm³/mol. The number of pyridine rings is 1. The number of carbonyl (C=O) groups excluding carboxylic acids is 1. The van der Waals surface area contributed by atoms with Gasteiger partial charge in [-0.3, -0.25) is 9.88 Å². The first kappa shape index (κ1) is 21.8. The summed E-state index contributed by atoms with van der Waals surface area (Å²) in [6.45, 7) is 8.25. The lowest BCUT2D eigenvalue weighted by atomic mass is 9.84. The minimum atomic E-state index is -0.156. The van der Waals surface area contributed by atoms with Crippen molar-refractivity contribution >= 4 is 11.7 Å². The van der Waals surface area contributed by atoms with Crippen LogP contribution in [0.4, 0.5) is 10.5 Å². The molecule has 0 unspecified atom stereocenters. The maximum absolute atomic E-state index is 12.3. The van der Waals surface area contributed by atoms with Crippen molar-refractivity contribution < 1.29 is 9.53 Å². The molecule has 1 saturated carbocycles. The van der Waals surface area contributed by atoms with Gasteiger partial charge >= 0.3 is 6.03 Å². The molecule has 1 aliphatic carbocycles. The highest BCUT2D eigenvalue weighted by Gasteiger charge is 2.54. The topological polar surface area (TPSA) is 66.5 Å². The van der Waals surface area contributed by atoms with Gasteiger partial charge in [-0.25, -0.2) is 4.79 Å². The van der Waals surface area contributed by atoms with Crippen LogP contribution in [-0.2, 0) is 10.3 Å². The summed E-state index contributed by atoms with van der Waals surface area (Å²) in [6, 6.07) is 13.7. The van der Waals surface area contributed by atoms with Gasteiger partial charge in [0.1, 0.15) is 0 Å². The van der Waals surface area contributed by atoms with Gasteiger partial charge in [0.05, 0.1) is 6.61 Å². The zero-order valence-corrected chi connectivity index (χ0v) is 18.7. The molecule has 1 aromatic heterocycles. The van der Waals surface area contributed by atoms with Gasteiger partial charge in [0.2, 0.25) is 0 Å².